The summed E-state index contributed by atoms with van der Waals surface area (Å²) in [7, 11) is 0. The minimum Gasteiger partial charge on any atom is -0.356 e. The van der Waals surface area contributed by atoms with Crippen LogP contribution in [0.4, 0.5) is 5.82 Å². The van der Waals surface area contributed by atoms with E-state index in [1.54, 1.807) is 0 Å². The van der Waals surface area contributed by atoms with Gasteiger partial charge in [-0.15, -0.1) is 0 Å². The SMILES string of the molecule is C[C@H](N)c1cccnc1N1CC2CCCC2C1. The average molecular weight is 231 g/mol. The molecule has 1 aliphatic heterocycles. The highest BCUT2D eigenvalue weighted by molar-refractivity contribution is 5.49. The van der Waals surface area contributed by atoms with Crippen LogP contribution in [0, 0.1) is 11.8 Å². The molecular formula is C14H21N3. The molecule has 1 aromatic rings. The summed E-state index contributed by atoms with van der Waals surface area (Å²) >= 11 is 0. The van der Waals surface area contributed by atoms with Crippen molar-refractivity contribution in [3.05, 3.63) is 23.9 Å². The van der Waals surface area contributed by atoms with Crippen LogP contribution in [0.2, 0.25) is 0 Å². The quantitative estimate of drug-likeness (QED) is 0.849. The third kappa shape index (κ3) is 1.93. The molecule has 1 aliphatic carbocycles. The summed E-state index contributed by atoms with van der Waals surface area (Å²) in [4.78, 5) is 7.01. The molecule has 0 radical (unpaired) electrons. The number of aromatic nitrogens is 1. The van der Waals surface area contributed by atoms with Crippen LogP contribution in [-0.4, -0.2) is 18.1 Å². The van der Waals surface area contributed by atoms with E-state index in [1.807, 2.05) is 19.2 Å². The van der Waals surface area contributed by atoms with Gasteiger partial charge in [0.1, 0.15) is 5.82 Å². The summed E-state index contributed by atoms with van der Waals surface area (Å²) in [5.74, 6) is 2.92. The second kappa shape index (κ2) is 4.30. The van der Waals surface area contributed by atoms with Gasteiger partial charge < -0.3 is 10.6 Å². The number of rotatable bonds is 2. The first kappa shape index (κ1) is 11.0. The smallest absolute Gasteiger partial charge is 0.133 e. The van der Waals surface area contributed by atoms with Gasteiger partial charge in [0.05, 0.1) is 0 Å². The number of hydrogen-bond acceptors (Lipinski definition) is 3. The summed E-state index contributed by atoms with van der Waals surface area (Å²) in [5.41, 5.74) is 7.22. The number of fused-ring (bicyclic) bond motifs is 1. The average Bonchev–Trinajstić information content (AvgIpc) is 2.88. The molecule has 2 N–H and O–H groups in total. The van der Waals surface area contributed by atoms with Crippen LogP contribution < -0.4 is 10.6 Å². The first-order chi connectivity index (χ1) is 8.25. The molecule has 0 aromatic carbocycles. The lowest BCUT2D eigenvalue weighted by molar-refractivity contribution is 0.494. The van der Waals surface area contributed by atoms with Crippen molar-refractivity contribution in [3.8, 4) is 0 Å². The predicted octanol–water partition coefficient (Wildman–Crippen LogP) is 2.34. The molecule has 0 bridgehead atoms. The van der Waals surface area contributed by atoms with Gasteiger partial charge in [-0.25, -0.2) is 4.98 Å². The number of pyridine rings is 1. The molecule has 3 nitrogen and oxygen atoms in total. The second-order valence-electron chi connectivity index (χ2n) is 5.56. The molecule has 3 rings (SSSR count). The first-order valence-corrected chi connectivity index (χ1v) is 6.71. The van der Waals surface area contributed by atoms with E-state index in [0.717, 1.165) is 17.7 Å². The fraction of sp³-hybridized carbons (Fsp3) is 0.643. The Morgan fingerprint density at radius 3 is 2.71 bits per heavy atom. The fourth-order valence-corrected chi connectivity index (χ4v) is 3.44. The molecule has 3 heteroatoms. The highest BCUT2D eigenvalue weighted by Gasteiger charge is 2.37. The molecule has 2 heterocycles. The van der Waals surface area contributed by atoms with Gasteiger partial charge in [-0.3, -0.25) is 0 Å². The molecule has 2 aliphatic rings. The Balaban J connectivity index is 1.85. The second-order valence-corrected chi connectivity index (χ2v) is 5.56. The molecule has 1 aromatic heterocycles. The topological polar surface area (TPSA) is 42.1 Å². The van der Waals surface area contributed by atoms with Crippen molar-refractivity contribution < 1.29 is 0 Å². The Bertz CT molecular complexity index is 390. The van der Waals surface area contributed by atoms with E-state index < -0.39 is 0 Å². The molecule has 2 unspecified atom stereocenters. The zero-order valence-corrected chi connectivity index (χ0v) is 10.5. The van der Waals surface area contributed by atoms with Crippen LogP contribution in [0.3, 0.4) is 0 Å². The highest BCUT2D eigenvalue weighted by atomic mass is 15.2. The summed E-state index contributed by atoms with van der Waals surface area (Å²) in [6.07, 6.45) is 6.11. The van der Waals surface area contributed by atoms with Crippen LogP contribution in [-0.2, 0) is 0 Å². The first-order valence-electron chi connectivity index (χ1n) is 6.71. The molecule has 17 heavy (non-hydrogen) atoms. The Morgan fingerprint density at radius 2 is 2.06 bits per heavy atom. The van der Waals surface area contributed by atoms with Gasteiger partial charge in [-0.05, 0) is 37.7 Å². The van der Waals surface area contributed by atoms with E-state index in [4.69, 9.17) is 5.73 Å². The van der Waals surface area contributed by atoms with Gasteiger partial charge in [-0.1, -0.05) is 12.5 Å². The number of nitrogens with zero attached hydrogens (tertiary/aromatic N) is 2. The lowest BCUT2D eigenvalue weighted by Crippen LogP contribution is -2.24. The monoisotopic (exact) mass is 231 g/mol. The van der Waals surface area contributed by atoms with Crippen molar-refractivity contribution in [2.45, 2.75) is 32.2 Å². The standard InChI is InChI=1S/C14H21N3/c1-10(15)13-6-3-7-16-14(13)17-8-11-4-2-5-12(11)9-17/h3,6-7,10-12H,2,4-5,8-9,15H2,1H3/t10-,11?,12?/m0/s1. The Morgan fingerprint density at radius 1 is 1.35 bits per heavy atom. The number of anilines is 1. The van der Waals surface area contributed by atoms with Crippen LogP contribution in [0.15, 0.2) is 18.3 Å². The Labute approximate surface area is 103 Å². The molecular weight excluding hydrogens is 210 g/mol. The lowest BCUT2D eigenvalue weighted by atomic mass is 10.0. The van der Waals surface area contributed by atoms with Crippen LogP contribution in [0.1, 0.15) is 37.8 Å². The van der Waals surface area contributed by atoms with E-state index >= 15 is 0 Å². The Hall–Kier alpha value is -1.09. The predicted molar refractivity (Wildman–Crippen MR) is 69.9 cm³/mol. The van der Waals surface area contributed by atoms with Crippen molar-refractivity contribution in [1.29, 1.82) is 0 Å². The van der Waals surface area contributed by atoms with Gasteiger partial charge in [0.25, 0.3) is 0 Å². The van der Waals surface area contributed by atoms with Crippen molar-refractivity contribution >= 4 is 5.82 Å². The van der Waals surface area contributed by atoms with Crippen LogP contribution >= 0.6 is 0 Å². The fourth-order valence-electron chi connectivity index (χ4n) is 3.44. The van der Waals surface area contributed by atoms with Crippen LogP contribution in [0.25, 0.3) is 0 Å². The molecule has 0 spiro atoms. The maximum Gasteiger partial charge on any atom is 0.133 e. The van der Waals surface area contributed by atoms with E-state index in [2.05, 4.69) is 16.0 Å². The minimum atomic E-state index is 0.0686. The molecule has 1 saturated carbocycles. The molecule has 2 fully saturated rings. The molecule has 92 valence electrons. The van der Waals surface area contributed by atoms with Gasteiger partial charge in [0, 0.05) is 30.9 Å². The van der Waals surface area contributed by atoms with E-state index in [1.165, 1.54) is 37.9 Å². The lowest BCUT2D eigenvalue weighted by Gasteiger charge is -2.22. The maximum absolute atomic E-state index is 6.03. The number of nitrogens with two attached hydrogens (primary N) is 1. The largest absolute Gasteiger partial charge is 0.356 e. The van der Waals surface area contributed by atoms with Crippen molar-refractivity contribution in [2.24, 2.45) is 17.6 Å². The molecule has 0 amide bonds. The zero-order valence-electron chi connectivity index (χ0n) is 10.5. The summed E-state index contributed by atoms with van der Waals surface area (Å²) in [5, 5.41) is 0. The summed E-state index contributed by atoms with van der Waals surface area (Å²) in [6, 6.07) is 4.17. The summed E-state index contributed by atoms with van der Waals surface area (Å²) in [6.45, 7) is 4.40. The molecule has 1 saturated heterocycles. The third-order valence-corrected chi connectivity index (χ3v) is 4.33. The number of hydrogen-bond donors (Lipinski definition) is 1. The normalized spacial score (nSPS) is 29.4. The highest BCUT2D eigenvalue weighted by Crippen LogP contribution is 2.40. The maximum atomic E-state index is 6.03. The van der Waals surface area contributed by atoms with E-state index in [0.29, 0.717) is 0 Å². The minimum absolute atomic E-state index is 0.0686. The van der Waals surface area contributed by atoms with E-state index in [-0.39, 0.29) is 6.04 Å². The summed E-state index contributed by atoms with van der Waals surface area (Å²) < 4.78 is 0. The van der Waals surface area contributed by atoms with Crippen molar-refractivity contribution in [3.63, 3.8) is 0 Å². The Kier molecular flexibility index (Phi) is 2.79. The zero-order chi connectivity index (χ0) is 11.8. The van der Waals surface area contributed by atoms with Gasteiger partial charge in [0.2, 0.25) is 0 Å². The van der Waals surface area contributed by atoms with Gasteiger partial charge in [-0.2, -0.15) is 0 Å². The van der Waals surface area contributed by atoms with Crippen molar-refractivity contribution in [1.82, 2.24) is 4.98 Å². The molecule has 3 atom stereocenters. The van der Waals surface area contributed by atoms with Crippen molar-refractivity contribution in [2.75, 3.05) is 18.0 Å². The van der Waals surface area contributed by atoms with Gasteiger partial charge in [0.15, 0.2) is 0 Å². The third-order valence-electron chi connectivity index (χ3n) is 4.33. The van der Waals surface area contributed by atoms with Gasteiger partial charge >= 0.3 is 0 Å². The van der Waals surface area contributed by atoms with E-state index in [9.17, 15) is 0 Å². The van der Waals surface area contributed by atoms with Crippen LogP contribution in [0.5, 0.6) is 0 Å².